The van der Waals surface area contributed by atoms with Crippen molar-refractivity contribution < 1.29 is 0 Å². The maximum atomic E-state index is 6.11. The minimum absolute atomic E-state index is 0. The van der Waals surface area contributed by atoms with Crippen LogP contribution in [0.2, 0.25) is 10.0 Å². The lowest BCUT2D eigenvalue weighted by atomic mass is 10.1. The first-order valence-corrected chi connectivity index (χ1v) is 6.39. The molecule has 0 radical (unpaired) electrons. The molecule has 1 heterocycles. The average Bonchev–Trinajstić information content (AvgIpc) is 2.29. The van der Waals surface area contributed by atoms with E-state index in [1.807, 2.05) is 12.1 Å². The highest BCUT2D eigenvalue weighted by Crippen LogP contribution is 2.21. The largest absolute Gasteiger partial charge is 0.315 e. The monoisotopic (exact) mass is 294 g/mol. The second-order valence-corrected chi connectivity index (χ2v) is 5.00. The second kappa shape index (κ2) is 7.45. The number of piperidine rings is 1. The standard InChI is InChI=1S/C12H16Cl2N2.ClH/c13-10-4-3-9(12(14)6-10)7-16-11-2-1-5-15-8-11;/h3-4,6,11,15-16H,1-2,5,7-8H2;1H. The molecule has 2 nitrogen and oxygen atoms in total. The molecule has 1 fully saturated rings. The lowest BCUT2D eigenvalue weighted by Gasteiger charge is -2.24. The predicted octanol–water partition coefficient (Wildman–Crippen LogP) is 3.26. The van der Waals surface area contributed by atoms with Crippen LogP contribution in [0, 0.1) is 0 Å². The van der Waals surface area contributed by atoms with E-state index in [2.05, 4.69) is 10.6 Å². The molecule has 0 spiro atoms. The summed E-state index contributed by atoms with van der Waals surface area (Å²) in [7, 11) is 0. The summed E-state index contributed by atoms with van der Waals surface area (Å²) in [5.41, 5.74) is 1.11. The van der Waals surface area contributed by atoms with Gasteiger partial charge in [-0.15, -0.1) is 12.4 Å². The van der Waals surface area contributed by atoms with Gasteiger partial charge in [0.25, 0.3) is 0 Å². The zero-order chi connectivity index (χ0) is 11.4. The number of hydrogen-bond acceptors (Lipinski definition) is 2. The van der Waals surface area contributed by atoms with Crippen molar-refractivity contribution in [2.24, 2.45) is 0 Å². The first kappa shape index (κ1) is 15.1. The molecule has 0 aliphatic carbocycles. The third-order valence-corrected chi connectivity index (χ3v) is 3.48. The van der Waals surface area contributed by atoms with Gasteiger partial charge in [-0.25, -0.2) is 0 Å². The highest BCUT2D eigenvalue weighted by atomic mass is 35.5. The smallest absolute Gasteiger partial charge is 0.0465 e. The molecule has 1 aliphatic heterocycles. The molecule has 1 aliphatic rings. The van der Waals surface area contributed by atoms with Gasteiger partial charge in [-0.1, -0.05) is 29.3 Å². The summed E-state index contributed by atoms with van der Waals surface area (Å²) in [4.78, 5) is 0. The molecule has 0 amide bonds. The van der Waals surface area contributed by atoms with E-state index in [1.165, 1.54) is 12.8 Å². The average molecular weight is 296 g/mol. The van der Waals surface area contributed by atoms with Crippen LogP contribution in [0.3, 0.4) is 0 Å². The Morgan fingerprint density at radius 2 is 2.18 bits per heavy atom. The van der Waals surface area contributed by atoms with Crippen molar-refractivity contribution in [2.45, 2.75) is 25.4 Å². The SMILES string of the molecule is Cl.Clc1ccc(CNC2CCCNC2)c(Cl)c1. The fourth-order valence-electron chi connectivity index (χ4n) is 1.95. The van der Waals surface area contributed by atoms with Crippen LogP contribution in [0.25, 0.3) is 0 Å². The van der Waals surface area contributed by atoms with Crippen molar-refractivity contribution in [1.82, 2.24) is 10.6 Å². The summed E-state index contributed by atoms with van der Waals surface area (Å²) in [6.07, 6.45) is 2.48. The second-order valence-electron chi connectivity index (χ2n) is 4.16. The van der Waals surface area contributed by atoms with Gasteiger partial charge in [0, 0.05) is 29.2 Å². The van der Waals surface area contributed by atoms with Crippen molar-refractivity contribution in [2.75, 3.05) is 13.1 Å². The Bertz CT molecular complexity index is 352. The summed E-state index contributed by atoms with van der Waals surface area (Å²) in [6.45, 7) is 2.99. The van der Waals surface area contributed by atoms with Gasteiger partial charge >= 0.3 is 0 Å². The van der Waals surface area contributed by atoms with Crippen LogP contribution in [0.1, 0.15) is 18.4 Å². The third-order valence-electron chi connectivity index (χ3n) is 2.89. The fourth-order valence-corrected chi connectivity index (χ4v) is 2.42. The van der Waals surface area contributed by atoms with Gasteiger partial charge in [0.05, 0.1) is 0 Å². The van der Waals surface area contributed by atoms with Crippen molar-refractivity contribution in [3.63, 3.8) is 0 Å². The summed E-state index contributed by atoms with van der Waals surface area (Å²) < 4.78 is 0. The number of rotatable bonds is 3. The van der Waals surface area contributed by atoms with Gasteiger partial charge in [0.2, 0.25) is 0 Å². The first-order chi connectivity index (χ1) is 7.75. The lowest BCUT2D eigenvalue weighted by Crippen LogP contribution is -2.42. The molecule has 5 heteroatoms. The summed E-state index contributed by atoms with van der Waals surface area (Å²) in [5, 5.41) is 8.31. The maximum Gasteiger partial charge on any atom is 0.0465 e. The minimum Gasteiger partial charge on any atom is -0.315 e. The third kappa shape index (κ3) is 4.65. The molecule has 1 aromatic rings. The van der Waals surface area contributed by atoms with Crippen molar-refractivity contribution in [3.8, 4) is 0 Å². The molecule has 2 N–H and O–H groups in total. The summed E-state index contributed by atoms with van der Waals surface area (Å²) >= 11 is 12.0. The number of nitrogens with one attached hydrogen (secondary N) is 2. The maximum absolute atomic E-state index is 6.11. The van der Waals surface area contributed by atoms with Crippen LogP contribution in [0.15, 0.2) is 18.2 Å². The molecule has 2 rings (SSSR count). The van der Waals surface area contributed by atoms with Crippen LogP contribution < -0.4 is 10.6 Å². The zero-order valence-electron chi connectivity index (χ0n) is 9.51. The van der Waals surface area contributed by atoms with Gasteiger partial charge in [-0.05, 0) is 37.1 Å². The molecule has 0 saturated carbocycles. The van der Waals surface area contributed by atoms with E-state index in [9.17, 15) is 0 Å². The molecule has 1 atom stereocenters. The van der Waals surface area contributed by atoms with Crippen molar-refractivity contribution in [3.05, 3.63) is 33.8 Å². The fraction of sp³-hybridized carbons (Fsp3) is 0.500. The Kier molecular flexibility index (Phi) is 6.60. The molecule has 1 unspecified atom stereocenters. The Morgan fingerprint density at radius 1 is 1.35 bits per heavy atom. The number of hydrogen-bond donors (Lipinski definition) is 2. The Morgan fingerprint density at radius 3 is 2.82 bits per heavy atom. The molecular formula is C12H17Cl3N2. The number of halogens is 3. The van der Waals surface area contributed by atoms with Crippen LogP contribution in [0.4, 0.5) is 0 Å². The van der Waals surface area contributed by atoms with Crippen LogP contribution in [-0.4, -0.2) is 19.1 Å². The Hall–Kier alpha value is 0.01000. The van der Waals surface area contributed by atoms with E-state index >= 15 is 0 Å². The topological polar surface area (TPSA) is 24.1 Å². The summed E-state index contributed by atoms with van der Waals surface area (Å²) in [5.74, 6) is 0. The molecule has 1 saturated heterocycles. The quantitative estimate of drug-likeness (QED) is 0.894. The van der Waals surface area contributed by atoms with Crippen LogP contribution >= 0.6 is 35.6 Å². The van der Waals surface area contributed by atoms with E-state index in [4.69, 9.17) is 23.2 Å². The van der Waals surface area contributed by atoms with E-state index in [1.54, 1.807) is 6.07 Å². The van der Waals surface area contributed by atoms with Gasteiger partial charge in [0.15, 0.2) is 0 Å². The predicted molar refractivity (Wildman–Crippen MR) is 76.4 cm³/mol. The summed E-state index contributed by atoms with van der Waals surface area (Å²) in [6, 6.07) is 6.21. The molecule has 0 bridgehead atoms. The Balaban J connectivity index is 0.00000144. The first-order valence-electron chi connectivity index (χ1n) is 5.64. The van der Waals surface area contributed by atoms with E-state index < -0.39 is 0 Å². The minimum atomic E-state index is 0. The van der Waals surface area contributed by atoms with Crippen molar-refractivity contribution >= 4 is 35.6 Å². The molecule has 17 heavy (non-hydrogen) atoms. The molecular weight excluding hydrogens is 279 g/mol. The zero-order valence-corrected chi connectivity index (χ0v) is 11.8. The Labute approximate surface area is 118 Å². The number of benzene rings is 1. The van der Waals surface area contributed by atoms with Crippen LogP contribution in [-0.2, 0) is 6.54 Å². The molecule has 96 valence electrons. The molecule has 0 aromatic heterocycles. The van der Waals surface area contributed by atoms with Crippen LogP contribution in [0.5, 0.6) is 0 Å². The lowest BCUT2D eigenvalue weighted by molar-refractivity contribution is 0.389. The van der Waals surface area contributed by atoms with Crippen molar-refractivity contribution in [1.29, 1.82) is 0 Å². The van der Waals surface area contributed by atoms with Gasteiger partial charge < -0.3 is 10.6 Å². The van der Waals surface area contributed by atoms with Gasteiger partial charge in [0.1, 0.15) is 0 Å². The highest BCUT2D eigenvalue weighted by molar-refractivity contribution is 6.35. The highest BCUT2D eigenvalue weighted by Gasteiger charge is 2.12. The molecule has 1 aromatic carbocycles. The normalized spacial score (nSPS) is 19.8. The van der Waals surface area contributed by atoms with Gasteiger partial charge in [-0.2, -0.15) is 0 Å². The van der Waals surface area contributed by atoms with E-state index in [0.717, 1.165) is 30.2 Å². The van der Waals surface area contributed by atoms with Gasteiger partial charge in [-0.3, -0.25) is 0 Å². The van der Waals surface area contributed by atoms with E-state index in [0.29, 0.717) is 11.1 Å². The van der Waals surface area contributed by atoms with E-state index in [-0.39, 0.29) is 12.4 Å².